The zero-order valence-corrected chi connectivity index (χ0v) is 24.3. The summed E-state index contributed by atoms with van der Waals surface area (Å²) in [6, 6.07) is 13.0. The summed E-state index contributed by atoms with van der Waals surface area (Å²) < 4.78 is 57.8. The van der Waals surface area contributed by atoms with Gasteiger partial charge in [0.15, 0.2) is 4.80 Å². The Kier molecular flexibility index (Phi) is 10.5. The van der Waals surface area contributed by atoms with Crippen molar-refractivity contribution in [1.82, 2.24) is 8.87 Å². The molecule has 216 valence electrons. The van der Waals surface area contributed by atoms with Gasteiger partial charge in [0.2, 0.25) is 20.0 Å². The van der Waals surface area contributed by atoms with E-state index in [1.165, 1.54) is 42.5 Å². The molecule has 2 aromatic carbocycles. The first-order chi connectivity index (χ1) is 19.4. The number of aryl methyl sites for hydroxylation is 1. The molecule has 0 bridgehead atoms. The third-order valence-corrected chi connectivity index (χ3v) is 9.57. The number of amides is 1. The van der Waals surface area contributed by atoms with Crippen molar-refractivity contribution < 1.29 is 31.2 Å². The van der Waals surface area contributed by atoms with Crippen LogP contribution in [0.3, 0.4) is 0 Å². The standard InChI is InChI=1S/C25H26N6O7S3/c1-2-38-23(32)11-16-31-21-10-9-20(40(28,34)35)17-22(21)39-25(31)29-24(33)18-5-7-19(8-6-18)41(36,37)30(14-3-12-26)15-4-13-27/h5-10,17H,2-4,11,14-16H2,1H3,(H2,28,34,35). The molecule has 1 aromatic heterocycles. The molecule has 0 saturated carbocycles. The van der Waals surface area contributed by atoms with E-state index >= 15 is 0 Å². The summed E-state index contributed by atoms with van der Waals surface area (Å²) in [6.07, 6.45) is -0.132. The highest BCUT2D eigenvalue weighted by Gasteiger charge is 2.24. The Morgan fingerprint density at radius 2 is 1.63 bits per heavy atom. The summed E-state index contributed by atoms with van der Waals surface area (Å²) in [5.74, 6) is -1.17. The van der Waals surface area contributed by atoms with Crippen LogP contribution in [0, 0.1) is 22.7 Å². The number of sulfonamides is 2. The number of carbonyl (C=O) groups excluding carboxylic acids is 2. The summed E-state index contributed by atoms with van der Waals surface area (Å²) in [7, 11) is -8.01. The topological polar surface area (TPSA) is 206 Å². The SMILES string of the molecule is CCOC(=O)CCn1c(=NC(=O)c2ccc(S(=O)(=O)N(CCC#N)CCC#N)cc2)sc2cc(S(N)(=O)=O)ccc21. The number of nitrogens with zero attached hydrogens (tertiary/aromatic N) is 5. The van der Waals surface area contributed by atoms with E-state index in [2.05, 4.69) is 4.99 Å². The van der Waals surface area contributed by atoms with Crippen molar-refractivity contribution in [2.75, 3.05) is 19.7 Å². The second kappa shape index (κ2) is 13.6. The number of hydrogen-bond donors (Lipinski definition) is 1. The van der Waals surface area contributed by atoms with Crippen molar-refractivity contribution in [3.8, 4) is 12.1 Å². The molecule has 0 aliphatic carbocycles. The van der Waals surface area contributed by atoms with Crippen LogP contribution >= 0.6 is 11.3 Å². The summed E-state index contributed by atoms with van der Waals surface area (Å²) in [4.78, 5) is 29.2. The molecule has 0 saturated heterocycles. The minimum Gasteiger partial charge on any atom is -0.466 e. The summed E-state index contributed by atoms with van der Waals surface area (Å²) in [6.45, 7) is 1.80. The Labute approximate surface area is 240 Å². The predicted octanol–water partition coefficient (Wildman–Crippen LogP) is 1.86. The number of nitrogens with two attached hydrogens (primary N) is 1. The van der Waals surface area contributed by atoms with E-state index < -0.39 is 31.9 Å². The van der Waals surface area contributed by atoms with Crippen molar-refractivity contribution in [1.29, 1.82) is 10.5 Å². The molecular formula is C25H26N6O7S3. The molecule has 0 spiro atoms. The highest BCUT2D eigenvalue weighted by molar-refractivity contribution is 7.89. The van der Waals surface area contributed by atoms with Crippen molar-refractivity contribution in [3.05, 3.63) is 52.8 Å². The molecule has 2 N–H and O–H groups in total. The average Bonchev–Trinajstić information content (AvgIpc) is 3.27. The number of ether oxygens (including phenoxy) is 1. The molecule has 0 radical (unpaired) electrons. The van der Waals surface area contributed by atoms with Crippen LogP contribution in [-0.2, 0) is 36.1 Å². The van der Waals surface area contributed by atoms with Gasteiger partial charge in [-0.1, -0.05) is 11.3 Å². The largest absolute Gasteiger partial charge is 0.466 e. The van der Waals surface area contributed by atoms with Gasteiger partial charge in [-0.15, -0.1) is 0 Å². The lowest BCUT2D eigenvalue weighted by Gasteiger charge is -2.20. The number of primary sulfonamides is 1. The number of carbonyl (C=O) groups is 2. The first-order valence-electron chi connectivity index (χ1n) is 12.2. The van der Waals surface area contributed by atoms with Crippen LogP contribution in [0.25, 0.3) is 10.2 Å². The van der Waals surface area contributed by atoms with Crippen LogP contribution in [0.5, 0.6) is 0 Å². The molecular weight excluding hydrogens is 593 g/mol. The number of nitriles is 2. The highest BCUT2D eigenvalue weighted by atomic mass is 32.2. The number of hydrogen-bond acceptors (Lipinski definition) is 10. The van der Waals surface area contributed by atoms with Crippen LogP contribution in [-0.4, -0.2) is 57.3 Å². The number of aromatic nitrogens is 1. The monoisotopic (exact) mass is 618 g/mol. The van der Waals surface area contributed by atoms with Gasteiger partial charge < -0.3 is 9.30 Å². The summed E-state index contributed by atoms with van der Waals surface area (Å²) in [5.41, 5.74) is 0.596. The van der Waals surface area contributed by atoms with Gasteiger partial charge >= 0.3 is 5.97 Å². The molecule has 0 fully saturated rings. The minimum absolute atomic E-state index is 0.0291. The molecule has 0 aliphatic heterocycles. The van der Waals surface area contributed by atoms with Gasteiger partial charge in [0.25, 0.3) is 5.91 Å². The first kappa shape index (κ1) is 31.6. The zero-order chi connectivity index (χ0) is 30.2. The second-order valence-electron chi connectivity index (χ2n) is 8.43. The highest BCUT2D eigenvalue weighted by Crippen LogP contribution is 2.22. The van der Waals surface area contributed by atoms with Crippen LogP contribution in [0.15, 0.2) is 57.2 Å². The number of thiazole rings is 1. The molecule has 0 aliphatic rings. The Bertz CT molecular complexity index is 1800. The van der Waals surface area contributed by atoms with Gasteiger partial charge in [-0.25, -0.2) is 22.0 Å². The normalized spacial score (nSPS) is 12.3. The van der Waals surface area contributed by atoms with Crippen molar-refractivity contribution in [2.45, 2.75) is 42.5 Å². The van der Waals surface area contributed by atoms with E-state index in [0.717, 1.165) is 15.6 Å². The van der Waals surface area contributed by atoms with Crippen LogP contribution < -0.4 is 9.94 Å². The third-order valence-electron chi connectivity index (χ3n) is 5.71. The quantitative estimate of drug-likeness (QED) is 0.294. The van der Waals surface area contributed by atoms with Gasteiger partial charge in [-0.3, -0.25) is 9.59 Å². The minimum atomic E-state index is -4.02. The molecule has 13 nitrogen and oxygen atoms in total. The Balaban J connectivity index is 1.99. The molecule has 0 atom stereocenters. The summed E-state index contributed by atoms with van der Waals surface area (Å²) >= 11 is 1.02. The fraction of sp³-hybridized carbons (Fsp3) is 0.320. The maximum absolute atomic E-state index is 13.1. The smallest absolute Gasteiger partial charge is 0.307 e. The Hall–Kier alpha value is -3.93. The first-order valence-corrected chi connectivity index (χ1v) is 16.0. The number of esters is 1. The maximum Gasteiger partial charge on any atom is 0.307 e. The van der Waals surface area contributed by atoms with Crippen molar-refractivity contribution >= 4 is 53.5 Å². The lowest BCUT2D eigenvalue weighted by Crippen LogP contribution is -2.32. The van der Waals surface area contributed by atoms with Gasteiger partial charge in [0.1, 0.15) is 0 Å². The van der Waals surface area contributed by atoms with E-state index in [1.807, 2.05) is 12.1 Å². The molecule has 1 amide bonds. The van der Waals surface area contributed by atoms with E-state index in [4.69, 9.17) is 20.4 Å². The van der Waals surface area contributed by atoms with E-state index in [0.29, 0.717) is 10.2 Å². The van der Waals surface area contributed by atoms with E-state index in [-0.39, 0.29) is 65.7 Å². The maximum atomic E-state index is 13.1. The molecule has 1 heterocycles. The van der Waals surface area contributed by atoms with Crippen molar-refractivity contribution in [2.24, 2.45) is 10.1 Å². The molecule has 16 heteroatoms. The van der Waals surface area contributed by atoms with Gasteiger partial charge in [-0.2, -0.15) is 19.8 Å². The van der Waals surface area contributed by atoms with Crippen LogP contribution in [0.2, 0.25) is 0 Å². The molecule has 0 unspecified atom stereocenters. The Morgan fingerprint density at radius 3 is 2.20 bits per heavy atom. The lowest BCUT2D eigenvalue weighted by atomic mass is 10.2. The molecule has 41 heavy (non-hydrogen) atoms. The van der Waals surface area contributed by atoms with Gasteiger partial charge in [0.05, 0.1) is 45.2 Å². The molecule has 3 rings (SSSR count). The van der Waals surface area contributed by atoms with Gasteiger partial charge in [-0.05, 0) is 49.4 Å². The van der Waals surface area contributed by atoms with Gasteiger partial charge in [0, 0.05) is 38.0 Å². The zero-order valence-electron chi connectivity index (χ0n) is 21.9. The number of rotatable bonds is 12. The average molecular weight is 619 g/mol. The van der Waals surface area contributed by atoms with E-state index in [9.17, 15) is 26.4 Å². The number of fused-ring (bicyclic) bond motifs is 1. The fourth-order valence-corrected chi connectivity index (χ4v) is 6.89. The predicted molar refractivity (Wildman–Crippen MR) is 148 cm³/mol. The van der Waals surface area contributed by atoms with Crippen molar-refractivity contribution in [3.63, 3.8) is 0 Å². The third kappa shape index (κ3) is 7.84. The second-order valence-corrected chi connectivity index (χ2v) is 12.9. The number of benzene rings is 2. The van der Waals surface area contributed by atoms with E-state index in [1.54, 1.807) is 11.5 Å². The van der Waals surface area contributed by atoms with Crippen LogP contribution in [0.1, 0.15) is 36.5 Å². The Morgan fingerprint density at radius 1 is 1.02 bits per heavy atom. The fourth-order valence-electron chi connectivity index (χ4n) is 3.74. The summed E-state index contributed by atoms with van der Waals surface area (Å²) in [5, 5.41) is 23.0. The lowest BCUT2D eigenvalue weighted by molar-refractivity contribution is -0.143. The van der Waals surface area contributed by atoms with Crippen LogP contribution in [0.4, 0.5) is 0 Å². The molecule has 3 aromatic rings.